The molecule has 0 N–H and O–H groups in total. The van der Waals surface area contributed by atoms with Gasteiger partial charge in [-0.25, -0.2) is 0 Å². The van der Waals surface area contributed by atoms with E-state index < -0.39 is 0 Å². The van der Waals surface area contributed by atoms with Gasteiger partial charge in [-0.05, 0) is 87.6 Å². The number of rotatable bonds is 4. The molecule has 230 valence electrons. The number of nitrogens with zero attached hydrogens (tertiary/aromatic N) is 2. The fourth-order valence-electron chi connectivity index (χ4n) is 7.82. The summed E-state index contributed by atoms with van der Waals surface area (Å²) in [5.41, 5.74) is 13.6. The second-order valence-corrected chi connectivity index (χ2v) is 12.9. The van der Waals surface area contributed by atoms with Crippen LogP contribution in [0.2, 0.25) is 0 Å². The van der Waals surface area contributed by atoms with Gasteiger partial charge >= 0.3 is 0 Å². The zero-order valence-electron chi connectivity index (χ0n) is 26.9. The second kappa shape index (κ2) is 11.1. The highest BCUT2D eigenvalue weighted by Crippen LogP contribution is 2.39. The lowest BCUT2D eigenvalue weighted by molar-refractivity contribution is 1.00. The molecule has 0 saturated heterocycles. The van der Waals surface area contributed by atoms with Gasteiger partial charge in [0.25, 0.3) is 0 Å². The number of fused-ring (bicyclic) bond motifs is 7. The summed E-state index contributed by atoms with van der Waals surface area (Å²) in [4.78, 5) is 0. The van der Waals surface area contributed by atoms with Crippen molar-refractivity contribution < 1.29 is 0 Å². The number of hydrogen-bond donors (Lipinski definition) is 0. The summed E-state index contributed by atoms with van der Waals surface area (Å²) in [5.74, 6) is 0. The van der Waals surface area contributed by atoms with E-state index in [2.05, 4.69) is 191 Å². The average molecular weight is 625 g/mol. The van der Waals surface area contributed by atoms with Crippen molar-refractivity contribution in [3.8, 4) is 33.6 Å². The summed E-state index contributed by atoms with van der Waals surface area (Å²) >= 11 is 0. The van der Waals surface area contributed by atoms with E-state index in [9.17, 15) is 0 Å². The average Bonchev–Trinajstić information content (AvgIpc) is 3.54. The summed E-state index contributed by atoms with van der Waals surface area (Å²) in [6, 6.07) is 57.7. The van der Waals surface area contributed by atoms with Crippen LogP contribution in [0.1, 0.15) is 11.3 Å². The molecule has 0 radical (unpaired) electrons. The van der Waals surface area contributed by atoms with Crippen molar-refractivity contribution in [1.29, 1.82) is 0 Å². The zero-order chi connectivity index (χ0) is 32.3. The van der Waals surface area contributed by atoms with Gasteiger partial charge in [0.1, 0.15) is 0 Å². The maximum absolute atomic E-state index is 2.45. The van der Waals surface area contributed by atoms with Gasteiger partial charge in [0.15, 0.2) is 0 Å². The van der Waals surface area contributed by atoms with E-state index in [1.54, 1.807) is 0 Å². The molecule has 2 heterocycles. The van der Waals surface area contributed by atoms with Crippen LogP contribution in [-0.2, 0) is 6.42 Å². The van der Waals surface area contributed by atoms with E-state index in [0.29, 0.717) is 0 Å². The minimum Gasteiger partial charge on any atom is -0.313 e. The van der Waals surface area contributed by atoms with Gasteiger partial charge < -0.3 is 9.13 Å². The van der Waals surface area contributed by atoms with Gasteiger partial charge in [-0.3, -0.25) is 0 Å². The summed E-state index contributed by atoms with van der Waals surface area (Å²) in [6.07, 6.45) is 9.76. The maximum atomic E-state index is 2.45. The Labute approximate surface area is 285 Å². The molecule has 0 fully saturated rings. The maximum Gasteiger partial charge on any atom is 0.0541 e. The Morgan fingerprint density at radius 3 is 1.86 bits per heavy atom. The van der Waals surface area contributed by atoms with Crippen LogP contribution in [0.5, 0.6) is 0 Å². The Balaban J connectivity index is 1.12. The Morgan fingerprint density at radius 2 is 1.02 bits per heavy atom. The highest BCUT2D eigenvalue weighted by Gasteiger charge is 2.19. The standard InChI is InChI=1S/C47H32N2/c1-3-11-32(12-4-1)34-19-24-38(25-20-34)48-44-17-6-2-5-15-40(44)42-30-36(22-27-46(42)48)37-23-28-47-43(31-37)41-16-9-10-18-45(41)49(47)39-26-21-33-13-7-8-14-35(33)29-39/h1-16,18-31H,17H2. The van der Waals surface area contributed by atoms with Crippen molar-refractivity contribution in [2.24, 2.45) is 0 Å². The normalized spacial score (nSPS) is 12.7. The van der Waals surface area contributed by atoms with E-state index in [1.807, 2.05) is 0 Å². The van der Waals surface area contributed by atoms with E-state index in [1.165, 1.54) is 88.4 Å². The lowest BCUT2D eigenvalue weighted by Crippen LogP contribution is -2.00. The molecule has 0 amide bonds. The van der Waals surface area contributed by atoms with Crippen molar-refractivity contribution in [3.05, 3.63) is 187 Å². The monoisotopic (exact) mass is 624 g/mol. The van der Waals surface area contributed by atoms with Gasteiger partial charge in [0.05, 0.1) is 16.6 Å². The molecule has 1 aliphatic rings. The molecular weight excluding hydrogens is 593 g/mol. The first-order valence-electron chi connectivity index (χ1n) is 17.0. The molecule has 0 atom stereocenters. The predicted octanol–water partition coefficient (Wildman–Crippen LogP) is 12.3. The molecule has 0 unspecified atom stereocenters. The van der Waals surface area contributed by atoms with E-state index in [0.717, 1.165) is 6.42 Å². The summed E-state index contributed by atoms with van der Waals surface area (Å²) in [5, 5.41) is 6.31. The largest absolute Gasteiger partial charge is 0.313 e. The van der Waals surface area contributed by atoms with Crippen LogP contribution in [0.3, 0.4) is 0 Å². The lowest BCUT2D eigenvalue weighted by Gasteiger charge is -2.12. The number of para-hydroxylation sites is 1. The number of benzene rings is 7. The van der Waals surface area contributed by atoms with Crippen LogP contribution in [-0.4, -0.2) is 9.13 Å². The molecule has 2 aromatic heterocycles. The molecular formula is C47H32N2. The second-order valence-electron chi connectivity index (χ2n) is 12.9. The summed E-state index contributed by atoms with van der Waals surface area (Å²) in [6.45, 7) is 0. The van der Waals surface area contributed by atoms with Gasteiger partial charge in [-0.2, -0.15) is 0 Å². The molecule has 9 aromatic rings. The number of hydrogen-bond acceptors (Lipinski definition) is 0. The van der Waals surface area contributed by atoms with Crippen molar-refractivity contribution in [2.45, 2.75) is 6.42 Å². The van der Waals surface area contributed by atoms with Crippen LogP contribution >= 0.6 is 0 Å². The third kappa shape index (κ3) is 4.49. The molecule has 49 heavy (non-hydrogen) atoms. The quantitative estimate of drug-likeness (QED) is 0.184. The summed E-state index contributed by atoms with van der Waals surface area (Å²) in [7, 11) is 0. The third-order valence-corrected chi connectivity index (χ3v) is 10.2. The number of allylic oxidation sites excluding steroid dienone is 3. The molecule has 1 aliphatic carbocycles. The molecule has 10 rings (SSSR count). The van der Waals surface area contributed by atoms with E-state index in [4.69, 9.17) is 0 Å². The summed E-state index contributed by atoms with van der Waals surface area (Å²) < 4.78 is 4.86. The fourth-order valence-corrected chi connectivity index (χ4v) is 7.82. The van der Waals surface area contributed by atoms with Crippen LogP contribution in [0.4, 0.5) is 0 Å². The van der Waals surface area contributed by atoms with Gasteiger partial charge in [-0.15, -0.1) is 0 Å². The number of aromatic nitrogens is 2. The van der Waals surface area contributed by atoms with Gasteiger partial charge in [-0.1, -0.05) is 127 Å². The molecule has 0 bridgehead atoms. The van der Waals surface area contributed by atoms with Crippen molar-refractivity contribution in [2.75, 3.05) is 0 Å². The van der Waals surface area contributed by atoms with E-state index >= 15 is 0 Å². The minimum absolute atomic E-state index is 0.882. The third-order valence-electron chi connectivity index (χ3n) is 10.2. The van der Waals surface area contributed by atoms with Crippen LogP contribution in [0, 0.1) is 0 Å². The molecule has 2 nitrogen and oxygen atoms in total. The van der Waals surface area contributed by atoms with E-state index in [-0.39, 0.29) is 0 Å². The Morgan fingerprint density at radius 1 is 0.388 bits per heavy atom. The first-order chi connectivity index (χ1) is 24.3. The Kier molecular flexibility index (Phi) is 6.28. The molecule has 2 heteroatoms. The van der Waals surface area contributed by atoms with Crippen molar-refractivity contribution in [3.63, 3.8) is 0 Å². The molecule has 0 aliphatic heterocycles. The zero-order valence-corrected chi connectivity index (χ0v) is 26.9. The SMILES string of the molecule is C1=CCc2c(c3cc(-c4ccc5c(c4)c4ccccc4n5-c4ccc5ccccc5c4)ccc3n2-c2ccc(-c3ccccc3)cc2)C=C1. The highest BCUT2D eigenvalue weighted by molar-refractivity contribution is 6.11. The molecule has 7 aromatic carbocycles. The lowest BCUT2D eigenvalue weighted by atomic mass is 10.00. The van der Waals surface area contributed by atoms with Crippen LogP contribution < -0.4 is 0 Å². The Hall–Kier alpha value is -6.38. The van der Waals surface area contributed by atoms with Crippen molar-refractivity contribution in [1.82, 2.24) is 9.13 Å². The van der Waals surface area contributed by atoms with Gasteiger partial charge in [0.2, 0.25) is 0 Å². The molecule has 0 saturated carbocycles. The van der Waals surface area contributed by atoms with Crippen molar-refractivity contribution >= 4 is 49.6 Å². The first-order valence-corrected chi connectivity index (χ1v) is 17.0. The van der Waals surface area contributed by atoms with Gasteiger partial charge in [0, 0.05) is 45.2 Å². The highest BCUT2D eigenvalue weighted by atomic mass is 15.0. The predicted molar refractivity (Wildman–Crippen MR) is 208 cm³/mol. The topological polar surface area (TPSA) is 9.86 Å². The fraction of sp³-hybridized carbons (Fsp3) is 0.0213. The minimum atomic E-state index is 0.882. The molecule has 0 spiro atoms. The first kappa shape index (κ1) is 27.7. The Bertz CT molecular complexity index is 2770. The smallest absolute Gasteiger partial charge is 0.0541 e. The van der Waals surface area contributed by atoms with Crippen LogP contribution in [0.25, 0.3) is 83.2 Å². The van der Waals surface area contributed by atoms with Crippen LogP contribution in [0.15, 0.2) is 176 Å².